The fourth-order valence-corrected chi connectivity index (χ4v) is 1.74. The second kappa shape index (κ2) is 6.44. The first-order valence-electron chi connectivity index (χ1n) is 5.92. The van der Waals surface area contributed by atoms with E-state index in [9.17, 15) is 4.79 Å². The summed E-state index contributed by atoms with van der Waals surface area (Å²) in [4.78, 5) is 11.7. The number of benzene rings is 1. The highest BCUT2D eigenvalue weighted by atomic mass is 16.1. The molecule has 2 nitrogen and oxygen atoms in total. The molecule has 0 aromatic heterocycles. The molecule has 1 atom stereocenters. The maximum atomic E-state index is 11.7. The summed E-state index contributed by atoms with van der Waals surface area (Å²) in [6.45, 7) is 4.18. The molecule has 1 aromatic rings. The van der Waals surface area contributed by atoms with Crippen molar-refractivity contribution in [1.29, 1.82) is 0 Å². The van der Waals surface area contributed by atoms with Gasteiger partial charge in [0.1, 0.15) is 5.78 Å². The van der Waals surface area contributed by atoms with Gasteiger partial charge in [-0.15, -0.1) is 0 Å². The van der Waals surface area contributed by atoms with E-state index in [-0.39, 0.29) is 11.8 Å². The molecule has 0 amide bonds. The van der Waals surface area contributed by atoms with Crippen LogP contribution in [-0.2, 0) is 11.2 Å². The molecule has 16 heavy (non-hydrogen) atoms. The van der Waals surface area contributed by atoms with Gasteiger partial charge in [-0.25, -0.2) is 0 Å². The lowest BCUT2D eigenvalue weighted by atomic mass is 9.97. The number of Topliss-reactive ketones (excluding diaryl/α,β-unsaturated/α-hetero) is 1. The van der Waals surface area contributed by atoms with E-state index in [0.29, 0.717) is 12.3 Å². The van der Waals surface area contributed by atoms with Crippen molar-refractivity contribution in [3.63, 3.8) is 0 Å². The molecule has 88 valence electrons. The van der Waals surface area contributed by atoms with Crippen molar-refractivity contribution in [3.05, 3.63) is 35.9 Å². The maximum absolute atomic E-state index is 11.7. The summed E-state index contributed by atoms with van der Waals surface area (Å²) in [5.41, 5.74) is 7.03. The molecule has 1 rings (SSSR count). The lowest BCUT2D eigenvalue weighted by molar-refractivity contribution is -0.120. The fraction of sp³-hybridized carbons (Fsp3) is 0.500. The third kappa shape index (κ3) is 4.58. The molecule has 0 saturated heterocycles. The Morgan fingerprint density at radius 2 is 1.88 bits per heavy atom. The molecule has 0 spiro atoms. The molecule has 1 unspecified atom stereocenters. The number of aryl methyl sites for hydroxylation is 1. The van der Waals surface area contributed by atoms with Crippen molar-refractivity contribution in [3.8, 4) is 0 Å². The quantitative estimate of drug-likeness (QED) is 0.799. The van der Waals surface area contributed by atoms with E-state index in [1.165, 1.54) is 5.56 Å². The van der Waals surface area contributed by atoms with E-state index >= 15 is 0 Å². The number of rotatable bonds is 6. The van der Waals surface area contributed by atoms with Crippen LogP contribution in [0.2, 0.25) is 0 Å². The molecule has 0 heterocycles. The van der Waals surface area contributed by atoms with Crippen LogP contribution in [0.1, 0.15) is 32.3 Å². The van der Waals surface area contributed by atoms with Gasteiger partial charge in [-0.05, 0) is 24.3 Å². The third-order valence-electron chi connectivity index (χ3n) is 2.64. The van der Waals surface area contributed by atoms with Crippen LogP contribution in [0.5, 0.6) is 0 Å². The predicted molar refractivity (Wildman–Crippen MR) is 67.2 cm³/mol. The number of carbonyl (C=O) groups is 1. The van der Waals surface area contributed by atoms with Crippen LogP contribution in [0.3, 0.4) is 0 Å². The summed E-state index contributed by atoms with van der Waals surface area (Å²) in [5, 5.41) is 0. The topological polar surface area (TPSA) is 43.1 Å². The minimum Gasteiger partial charge on any atom is -0.322 e. The van der Waals surface area contributed by atoms with Gasteiger partial charge in [0, 0.05) is 6.42 Å². The second-order valence-corrected chi connectivity index (χ2v) is 4.69. The zero-order valence-electron chi connectivity index (χ0n) is 10.1. The average molecular weight is 219 g/mol. The molecular formula is C14H21NO. The van der Waals surface area contributed by atoms with Crippen LogP contribution in [0.4, 0.5) is 0 Å². The van der Waals surface area contributed by atoms with Crippen LogP contribution in [-0.4, -0.2) is 11.8 Å². The summed E-state index contributed by atoms with van der Waals surface area (Å²) in [7, 11) is 0. The molecule has 0 radical (unpaired) electrons. The number of nitrogens with two attached hydrogens (primary N) is 1. The minimum atomic E-state index is -0.288. The van der Waals surface area contributed by atoms with Crippen LogP contribution >= 0.6 is 0 Å². The van der Waals surface area contributed by atoms with Gasteiger partial charge < -0.3 is 5.73 Å². The van der Waals surface area contributed by atoms with Gasteiger partial charge in [0.15, 0.2) is 0 Å². The van der Waals surface area contributed by atoms with Crippen LogP contribution in [0.15, 0.2) is 30.3 Å². The van der Waals surface area contributed by atoms with Gasteiger partial charge >= 0.3 is 0 Å². The smallest absolute Gasteiger partial charge is 0.149 e. The Morgan fingerprint density at radius 1 is 1.25 bits per heavy atom. The number of hydrogen-bond donors (Lipinski definition) is 1. The van der Waals surface area contributed by atoms with E-state index in [2.05, 4.69) is 13.8 Å². The zero-order chi connectivity index (χ0) is 12.0. The summed E-state index contributed by atoms with van der Waals surface area (Å²) in [5.74, 6) is 0.660. The summed E-state index contributed by atoms with van der Waals surface area (Å²) < 4.78 is 0. The largest absolute Gasteiger partial charge is 0.322 e. The normalized spacial score (nSPS) is 12.8. The SMILES string of the molecule is CC(C)CC(N)C(=O)CCc1ccccc1. The molecule has 0 bridgehead atoms. The Balaban J connectivity index is 2.35. The molecule has 0 saturated carbocycles. The molecule has 2 heteroatoms. The van der Waals surface area contributed by atoms with Gasteiger partial charge in [-0.3, -0.25) is 4.79 Å². The van der Waals surface area contributed by atoms with E-state index in [1.807, 2.05) is 30.3 Å². The zero-order valence-corrected chi connectivity index (χ0v) is 10.1. The van der Waals surface area contributed by atoms with Crippen molar-refractivity contribution in [1.82, 2.24) is 0 Å². The number of ketones is 1. The van der Waals surface area contributed by atoms with Crippen molar-refractivity contribution in [2.75, 3.05) is 0 Å². The standard InChI is InChI=1S/C14H21NO/c1-11(2)10-13(15)14(16)9-8-12-6-4-3-5-7-12/h3-7,11,13H,8-10,15H2,1-2H3. The van der Waals surface area contributed by atoms with Crippen molar-refractivity contribution < 1.29 is 4.79 Å². The molecular weight excluding hydrogens is 198 g/mol. The van der Waals surface area contributed by atoms with Gasteiger partial charge in [-0.2, -0.15) is 0 Å². The molecule has 0 aliphatic heterocycles. The monoisotopic (exact) mass is 219 g/mol. The summed E-state index contributed by atoms with van der Waals surface area (Å²) >= 11 is 0. The second-order valence-electron chi connectivity index (χ2n) is 4.69. The summed E-state index contributed by atoms with van der Waals surface area (Å²) in [6.07, 6.45) is 2.14. The number of carbonyl (C=O) groups excluding carboxylic acids is 1. The predicted octanol–water partition coefficient (Wildman–Crippen LogP) is 2.56. The third-order valence-corrected chi connectivity index (χ3v) is 2.64. The molecule has 0 fully saturated rings. The molecule has 1 aromatic carbocycles. The first-order valence-corrected chi connectivity index (χ1v) is 5.92. The van der Waals surface area contributed by atoms with Gasteiger partial charge in [0.25, 0.3) is 0 Å². The Morgan fingerprint density at radius 3 is 2.44 bits per heavy atom. The Hall–Kier alpha value is -1.15. The maximum Gasteiger partial charge on any atom is 0.149 e. The first kappa shape index (κ1) is 12.9. The lowest BCUT2D eigenvalue weighted by Crippen LogP contribution is -2.32. The highest BCUT2D eigenvalue weighted by molar-refractivity contribution is 5.83. The van der Waals surface area contributed by atoms with E-state index in [4.69, 9.17) is 5.73 Å². The molecule has 0 aliphatic carbocycles. The van der Waals surface area contributed by atoms with Crippen LogP contribution < -0.4 is 5.73 Å². The van der Waals surface area contributed by atoms with Crippen molar-refractivity contribution in [2.24, 2.45) is 11.7 Å². The van der Waals surface area contributed by atoms with E-state index in [1.54, 1.807) is 0 Å². The fourth-order valence-electron chi connectivity index (χ4n) is 1.74. The highest BCUT2D eigenvalue weighted by Crippen LogP contribution is 2.08. The Kier molecular flexibility index (Phi) is 5.20. The van der Waals surface area contributed by atoms with Crippen molar-refractivity contribution >= 4 is 5.78 Å². The molecule has 0 aliphatic rings. The van der Waals surface area contributed by atoms with Gasteiger partial charge in [0.2, 0.25) is 0 Å². The lowest BCUT2D eigenvalue weighted by Gasteiger charge is -2.12. The number of hydrogen-bond acceptors (Lipinski definition) is 2. The molecule has 2 N–H and O–H groups in total. The van der Waals surface area contributed by atoms with E-state index < -0.39 is 0 Å². The van der Waals surface area contributed by atoms with Crippen molar-refractivity contribution in [2.45, 2.75) is 39.2 Å². The van der Waals surface area contributed by atoms with E-state index in [0.717, 1.165) is 12.8 Å². The Bertz CT molecular complexity index is 319. The van der Waals surface area contributed by atoms with Crippen LogP contribution in [0, 0.1) is 5.92 Å². The van der Waals surface area contributed by atoms with Gasteiger partial charge in [0.05, 0.1) is 6.04 Å². The van der Waals surface area contributed by atoms with Crippen LogP contribution in [0.25, 0.3) is 0 Å². The Labute approximate surface area is 97.9 Å². The summed E-state index contributed by atoms with van der Waals surface area (Å²) in [6, 6.07) is 9.77. The minimum absolute atomic E-state index is 0.178. The first-order chi connectivity index (χ1) is 7.59. The average Bonchev–Trinajstić information content (AvgIpc) is 2.26. The highest BCUT2D eigenvalue weighted by Gasteiger charge is 2.14. The van der Waals surface area contributed by atoms with Gasteiger partial charge in [-0.1, -0.05) is 44.2 Å².